The van der Waals surface area contributed by atoms with E-state index in [1.54, 1.807) is 10.4 Å². The number of piperazine rings is 1. The Bertz CT molecular complexity index is 801. The Hall–Kier alpha value is -1.44. The second-order valence-electron chi connectivity index (χ2n) is 8.38. The number of rotatable bonds is 5. The van der Waals surface area contributed by atoms with Crippen LogP contribution in [-0.2, 0) is 14.8 Å². The third-order valence-electron chi connectivity index (χ3n) is 6.12. The molecule has 2 aliphatic rings. The average Bonchev–Trinajstić information content (AvgIpc) is 2.66. The molecular formula is C21H33N3O3S. The second-order valence-corrected chi connectivity index (χ2v) is 10.3. The summed E-state index contributed by atoms with van der Waals surface area (Å²) in [5, 5.41) is 3.18. The number of sulfonamides is 1. The lowest BCUT2D eigenvalue weighted by molar-refractivity contribution is -0.123. The van der Waals surface area contributed by atoms with Crippen molar-refractivity contribution in [3.8, 4) is 0 Å². The molecule has 0 aromatic heterocycles. The molecule has 156 valence electrons. The number of nitrogens with one attached hydrogen (secondary N) is 1. The summed E-state index contributed by atoms with van der Waals surface area (Å²) in [5.41, 5.74) is 1.71. The molecule has 2 fully saturated rings. The molecule has 1 aliphatic carbocycles. The van der Waals surface area contributed by atoms with Gasteiger partial charge < -0.3 is 5.32 Å². The summed E-state index contributed by atoms with van der Waals surface area (Å²) in [4.78, 5) is 14.9. The minimum Gasteiger partial charge on any atom is -0.352 e. The summed E-state index contributed by atoms with van der Waals surface area (Å²) in [5.74, 6) is 0.599. The van der Waals surface area contributed by atoms with Gasteiger partial charge in [0.15, 0.2) is 0 Å². The maximum absolute atomic E-state index is 13.0. The number of nitrogens with zero attached hydrogens (tertiary/aromatic N) is 2. The van der Waals surface area contributed by atoms with E-state index in [0.29, 0.717) is 43.5 Å². The molecule has 7 heteroatoms. The molecule has 1 saturated heterocycles. The Morgan fingerprint density at radius 1 is 1.11 bits per heavy atom. The van der Waals surface area contributed by atoms with Gasteiger partial charge in [-0.05, 0) is 49.8 Å². The predicted octanol–water partition coefficient (Wildman–Crippen LogP) is 2.30. The first kappa shape index (κ1) is 21.3. The van der Waals surface area contributed by atoms with Crippen molar-refractivity contribution in [3.05, 3.63) is 29.3 Å². The summed E-state index contributed by atoms with van der Waals surface area (Å²) in [6, 6.07) is 5.82. The molecule has 1 aliphatic heterocycles. The van der Waals surface area contributed by atoms with Crippen LogP contribution in [0.5, 0.6) is 0 Å². The first-order chi connectivity index (χ1) is 13.3. The number of hydrogen-bond acceptors (Lipinski definition) is 4. The Kier molecular flexibility index (Phi) is 6.78. The fraction of sp³-hybridized carbons (Fsp3) is 0.667. The van der Waals surface area contributed by atoms with Crippen LogP contribution in [-0.4, -0.2) is 62.3 Å². The molecule has 0 spiro atoms. The topological polar surface area (TPSA) is 69.7 Å². The van der Waals surface area contributed by atoms with Crippen LogP contribution in [0.4, 0.5) is 0 Å². The molecule has 2 atom stereocenters. The fourth-order valence-electron chi connectivity index (χ4n) is 4.24. The maximum atomic E-state index is 13.0. The van der Waals surface area contributed by atoms with Gasteiger partial charge in [0.2, 0.25) is 15.9 Å². The third-order valence-corrected chi connectivity index (χ3v) is 8.16. The molecule has 1 saturated carbocycles. The van der Waals surface area contributed by atoms with Crippen molar-refractivity contribution in [2.75, 3.05) is 32.7 Å². The second kappa shape index (κ2) is 8.93. The smallest absolute Gasteiger partial charge is 0.243 e. The highest BCUT2D eigenvalue weighted by Crippen LogP contribution is 2.24. The number of carbonyl (C=O) groups is 1. The van der Waals surface area contributed by atoms with Gasteiger partial charge in [-0.3, -0.25) is 9.69 Å². The lowest BCUT2D eigenvalue weighted by Gasteiger charge is -2.35. The van der Waals surface area contributed by atoms with Crippen LogP contribution >= 0.6 is 0 Å². The average molecular weight is 408 g/mol. The number of benzene rings is 1. The Morgan fingerprint density at radius 3 is 2.46 bits per heavy atom. The van der Waals surface area contributed by atoms with Crippen molar-refractivity contribution in [3.63, 3.8) is 0 Å². The molecule has 28 heavy (non-hydrogen) atoms. The van der Waals surface area contributed by atoms with Gasteiger partial charge in [0.1, 0.15) is 0 Å². The van der Waals surface area contributed by atoms with Gasteiger partial charge in [-0.2, -0.15) is 4.31 Å². The third kappa shape index (κ3) is 4.93. The van der Waals surface area contributed by atoms with Crippen molar-refractivity contribution in [1.82, 2.24) is 14.5 Å². The fourth-order valence-corrected chi connectivity index (χ4v) is 5.97. The lowest BCUT2D eigenvalue weighted by Crippen LogP contribution is -2.52. The Balaban J connectivity index is 1.54. The van der Waals surface area contributed by atoms with Gasteiger partial charge in [0.25, 0.3) is 0 Å². The van der Waals surface area contributed by atoms with E-state index in [2.05, 4.69) is 17.1 Å². The van der Waals surface area contributed by atoms with E-state index in [4.69, 9.17) is 0 Å². The SMILES string of the molecule is Cc1ccc(C)c(S(=O)(=O)N2CCN(CC(=O)N[C@@H]3CCCC[C@H]3C)CC2)c1. The number of amides is 1. The van der Waals surface area contributed by atoms with Gasteiger partial charge in [-0.25, -0.2) is 8.42 Å². The van der Waals surface area contributed by atoms with Crippen LogP contribution < -0.4 is 5.32 Å². The van der Waals surface area contributed by atoms with E-state index in [9.17, 15) is 13.2 Å². The highest BCUT2D eigenvalue weighted by molar-refractivity contribution is 7.89. The molecule has 0 bridgehead atoms. The normalized spacial score (nSPS) is 24.8. The van der Waals surface area contributed by atoms with Gasteiger partial charge in [0.05, 0.1) is 11.4 Å². The number of hydrogen-bond donors (Lipinski definition) is 1. The van der Waals surface area contributed by atoms with Crippen LogP contribution in [0.15, 0.2) is 23.1 Å². The molecule has 1 N–H and O–H groups in total. The minimum absolute atomic E-state index is 0.0598. The zero-order valence-electron chi connectivity index (χ0n) is 17.3. The molecule has 0 unspecified atom stereocenters. The lowest BCUT2D eigenvalue weighted by atomic mass is 9.86. The summed E-state index contributed by atoms with van der Waals surface area (Å²) in [6.07, 6.45) is 4.68. The molecule has 1 heterocycles. The van der Waals surface area contributed by atoms with E-state index < -0.39 is 10.0 Å². The summed E-state index contributed by atoms with van der Waals surface area (Å²) < 4.78 is 27.6. The van der Waals surface area contributed by atoms with E-state index in [-0.39, 0.29) is 11.9 Å². The number of carbonyl (C=O) groups excluding carboxylic acids is 1. The Morgan fingerprint density at radius 2 is 1.79 bits per heavy atom. The van der Waals surface area contributed by atoms with E-state index in [1.165, 1.54) is 19.3 Å². The van der Waals surface area contributed by atoms with Gasteiger partial charge in [0, 0.05) is 32.2 Å². The molecule has 3 rings (SSSR count). The van der Waals surface area contributed by atoms with Crippen LogP contribution in [0.3, 0.4) is 0 Å². The zero-order chi connectivity index (χ0) is 20.3. The van der Waals surface area contributed by atoms with Crippen molar-refractivity contribution >= 4 is 15.9 Å². The standard InChI is InChI=1S/C21H33N3O3S/c1-16-8-9-18(3)20(14-16)28(26,27)24-12-10-23(11-13-24)15-21(25)22-19-7-5-4-6-17(19)2/h8-9,14,17,19H,4-7,10-13,15H2,1-3H3,(H,22,25)/t17-,19-/m1/s1. The van der Waals surface area contributed by atoms with Crippen LogP contribution in [0.1, 0.15) is 43.7 Å². The molecule has 6 nitrogen and oxygen atoms in total. The van der Waals surface area contributed by atoms with Crippen LogP contribution in [0, 0.1) is 19.8 Å². The Labute approximate surface area is 169 Å². The first-order valence-electron chi connectivity index (χ1n) is 10.4. The molecule has 1 aromatic rings. The van der Waals surface area contributed by atoms with Crippen LogP contribution in [0.25, 0.3) is 0 Å². The van der Waals surface area contributed by atoms with Crippen molar-refractivity contribution < 1.29 is 13.2 Å². The quantitative estimate of drug-likeness (QED) is 0.813. The first-order valence-corrected chi connectivity index (χ1v) is 11.8. The molecule has 0 radical (unpaired) electrons. The largest absolute Gasteiger partial charge is 0.352 e. The molecular weight excluding hydrogens is 374 g/mol. The van der Waals surface area contributed by atoms with E-state index in [0.717, 1.165) is 17.5 Å². The monoisotopic (exact) mass is 407 g/mol. The van der Waals surface area contributed by atoms with Crippen molar-refractivity contribution in [1.29, 1.82) is 0 Å². The highest BCUT2D eigenvalue weighted by atomic mass is 32.2. The van der Waals surface area contributed by atoms with Gasteiger partial charge in [-0.1, -0.05) is 31.9 Å². The molecule has 1 amide bonds. The van der Waals surface area contributed by atoms with Gasteiger partial charge >= 0.3 is 0 Å². The number of aryl methyl sites for hydroxylation is 2. The predicted molar refractivity (Wildman–Crippen MR) is 111 cm³/mol. The van der Waals surface area contributed by atoms with Crippen molar-refractivity contribution in [2.45, 2.75) is 57.4 Å². The zero-order valence-corrected chi connectivity index (χ0v) is 18.1. The van der Waals surface area contributed by atoms with Gasteiger partial charge in [-0.15, -0.1) is 0 Å². The van der Waals surface area contributed by atoms with E-state index >= 15 is 0 Å². The van der Waals surface area contributed by atoms with Crippen molar-refractivity contribution in [2.24, 2.45) is 5.92 Å². The van der Waals surface area contributed by atoms with Crippen LogP contribution in [0.2, 0.25) is 0 Å². The van der Waals surface area contributed by atoms with E-state index in [1.807, 2.05) is 26.0 Å². The molecule has 1 aromatic carbocycles. The highest BCUT2D eigenvalue weighted by Gasteiger charge is 2.30. The minimum atomic E-state index is -3.49. The summed E-state index contributed by atoms with van der Waals surface area (Å²) in [7, 11) is -3.49. The summed E-state index contributed by atoms with van der Waals surface area (Å²) in [6.45, 7) is 8.30. The summed E-state index contributed by atoms with van der Waals surface area (Å²) >= 11 is 0. The maximum Gasteiger partial charge on any atom is 0.243 e.